The van der Waals surface area contributed by atoms with Crippen LogP contribution in [0.5, 0.6) is 5.75 Å². The van der Waals surface area contributed by atoms with Gasteiger partial charge in [0, 0.05) is 31.9 Å². The predicted molar refractivity (Wildman–Crippen MR) is 76.3 cm³/mol. The number of hydrogen-bond acceptors (Lipinski definition) is 3. The Labute approximate surface area is 114 Å². The highest BCUT2D eigenvalue weighted by Gasteiger charge is 2.10. The van der Waals surface area contributed by atoms with Crippen molar-refractivity contribution in [2.24, 2.45) is 7.05 Å². The standard InChI is InChI=1S/C15H21N3O/c1-16-13(12-15-17-9-10-18(15)2)8-11-19-14-6-4-3-5-7-14/h3-7,9-10,13,16H,8,11-12H2,1-2H3. The first kappa shape index (κ1) is 13.6. The molecule has 102 valence electrons. The number of hydrogen-bond donors (Lipinski definition) is 1. The summed E-state index contributed by atoms with van der Waals surface area (Å²) >= 11 is 0. The van der Waals surface area contributed by atoms with E-state index >= 15 is 0 Å². The molecule has 1 N–H and O–H groups in total. The van der Waals surface area contributed by atoms with Crippen molar-refractivity contribution in [3.63, 3.8) is 0 Å². The number of nitrogens with zero attached hydrogens (tertiary/aromatic N) is 2. The summed E-state index contributed by atoms with van der Waals surface area (Å²) in [6.07, 6.45) is 5.68. The first-order chi connectivity index (χ1) is 9.29. The van der Waals surface area contributed by atoms with Crippen LogP contribution in [0.2, 0.25) is 0 Å². The molecule has 0 aliphatic heterocycles. The van der Waals surface area contributed by atoms with Crippen molar-refractivity contribution >= 4 is 0 Å². The minimum absolute atomic E-state index is 0.379. The lowest BCUT2D eigenvalue weighted by atomic mass is 10.1. The summed E-state index contributed by atoms with van der Waals surface area (Å²) in [7, 11) is 4.01. The predicted octanol–water partition coefficient (Wildman–Crippen LogP) is 2.02. The molecule has 2 aromatic rings. The number of imidazole rings is 1. The lowest BCUT2D eigenvalue weighted by molar-refractivity contribution is 0.287. The number of ether oxygens (including phenoxy) is 1. The van der Waals surface area contributed by atoms with E-state index in [0.29, 0.717) is 12.6 Å². The van der Waals surface area contributed by atoms with Gasteiger partial charge in [-0.3, -0.25) is 0 Å². The molecule has 0 saturated carbocycles. The SMILES string of the molecule is CNC(CCOc1ccccc1)Cc1nccn1C. The zero-order chi connectivity index (χ0) is 13.5. The maximum atomic E-state index is 5.72. The highest BCUT2D eigenvalue weighted by atomic mass is 16.5. The Bertz CT molecular complexity index is 481. The maximum absolute atomic E-state index is 5.72. The van der Waals surface area contributed by atoms with E-state index < -0.39 is 0 Å². The van der Waals surface area contributed by atoms with E-state index in [1.54, 1.807) is 0 Å². The van der Waals surface area contributed by atoms with Crippen molar-refractivity contribution < 1.29 is 4.74 Å². The summed E-state index contributed by atoms with van der Waals surface area (Å²) in [5.74, 6) is 2.02. The number of rotatable bonds is 7. The average molecular weight is 259 g/mol. The van der Waals surface area contributed by atoms with Crippen molar-refractivity contribution in [1.29, 1.82) is 0 Å². The van der Waals surface area contributed by atoms with Gasteiger partial charge in [-0.05, 0) is 25.6 Å². The summed E-state index contributed by atoms with van der Waals surface area (Å²) in [5.41, 5.74) is 0. The van der Waals surface area contributed by atoms with Crippen molar-refractivity contribution in [3.05, 3.63) is 48.5 Å². The topological polar surface area (TPSA) is 39.1 Å². The summed E-state index contributed by atoms with van der Waals surface area (Å²) in [4.78, 5) is 4.35. The molecule has 0 saturated heterocycles. The van der Waals surface area contributed by atoms with Crippen molar-refractivity contribution in [2.75, 3.05) is 13.7 Å². The van der Waals surface area contributed by atoms with Gasteiger partial charge in [0.2, 0.25) is 0 Å². The highest BCUT2D eigenvalue weighted by Crippen LogP contribution is 2.10. The highest BCUT2D eigenvalue weighted by molar-refractivity contribution is 5.20. The fraction of sp³-hybridized carbons (Fsp3) is 0.400. The molecule has 0 bridgehead atoms. The molecular weight excluding hydrogens is 238 g/mol. The van der Waals surface area contributed by atoms with Crippen LogP contribution < -0.4 is 10.1 Å². The van der Waals surface area contributed by atoms with Crippen molar-refractivity contribution in [3.8, 4) is 5.75 Å². The van der Waals surface area contributed by atoms with Gasteiger partial charge in [-0.25, -0.2) is 4.98 Å². The number of para-hydroxylation sites is 1. The fourth-order valence-corrected chi connectivity index (χ4v) is 2.00. The Balaban J connectivity index is 1.78. The van der Waals surface area contributed by atoms with Crippen molar-refractivity contribution in [2.45, 2.75) is 18.9 Å². The van der Waals surface area contributed by atoms with Gasteiger partial charge in [-0.1, -0.05) is 18.2 Å². The van der Waals surface area contributed by atoms with Gasteiger partial charge in [0.05, 0.1) is 6.61 Å². The first-order valence-electron chi connectivity index (χ1n) is 6.61. The molecule has 0 spiro atoms. The van der Waals surface area contributed by atoms with Gasteiger partial charge in [-0.2, -0.15) is 0 Å². The van der Waals surface area contributed by atoms with E-state index in [-0.39, 0.29) is 0 Å². The van der Waals surface area contributed by atoms with Crippen LogP contribution in [0.3, 0.4) is 0 Å². The molecule has 1 unspecified atom stereocenters. The van der Waals surface area contributed by atoms with Crippen LogP contribution in [0.4, 0.5) is 0 Å². The van der Waals surface area contributed by atoms with Crippen LogP contribution in [0, 0.1) is 0 Å². The minimum Gasteiger partial charge on any atom is -0.494 e. The number of aryl methyl sites for hydroxylation is 1. The first-order valence-corrected chi connectivity index (χ1v) is 6.61. The monoisotopic (exact) mass is 259 g/mol. The summed E-state index contributed by atoms with van der Waals surface area (Å²) in [5, 5.41) is 3.32. The lowest BCUT2D eigenvalue weighted by Crippen LogP contribution is -2.30. The third-order valence-corrected chi connectivity index (χ3v) is 3.24. The van der Waals surface area contributed by atoms with Gasteiger partial charge in [0.15, 0.2) is 0 Å². The molecule has 2 rings (SSSR count). The summed E-state index contributed by atoms with van der Waals surface area (Å²) < 4.78 is 7.78. The molecule has 0 aliphatic carbocycles. The van der Waals surface area contributed by atoms with Gasteiger partial charge >= 0.3 is 0 Å². The Kier molecular flexibility index (Phi) is 4.98. The van der Waals surface area contributed by atoms with Gasteiger partial charge < -0.3 is 14.6 Å². The summed E-state index contributed by atoms with van der Waals surface area (Å²) in [6.45, 7) is 0.708. The Morgan fingerprint density at radius 3 is 2.74 bits per heavy atom. The number of benzene rings is 1. The molecule has 0 radical (unpaired) electrons. The minimum atomic E-state index is 0.379. The Morgan fingerprint density at radius 2 is 2.11 bits per heavy atom. The van der Waals surface area contributed by atoms with E-state index in [0.717, 1.165) is 24.4 Å². The molecule has 0 fully saturated rings. The van der Waals surface area contributed by atoms with Crippen molar-refractivity contribution in [1.82, 2.24) is 14.9 Å². The van der Waals surface area contributed by atoms with E-state index in [1.807, 2.05) is 56.8 Å². The van der Waals surface area contributed by atoms with Gasteiger partial charge in [0.25, 0.3) is 0 Å². The third kappa shape index (κ3) is 4.10. The largest absolute Gasteiger partial charge is 0.494 e. The molecule has 1 aromatic carbocycles. The van der Waals surface area contributed by atoms with Crippen LogP contribution >= 0.6 is 0 Å². The van der Waals surface area contributed by atoms with Crippen LogP contribution in [0.25, 0.3) is 0 Å². The Hall–Kier alpha value is -1.81. The number of likely N-dealkylation sites (N-methyl/N-ethyl adjacent to an activating group) is 1. The van der Waals surface area contributed by atoms with Crippen LogP contribution in [-0.2, 0) is 13.5 Å². The van der Waals surface area contributed by atoms with Gasteiger partial charge in [0.1, 0.15) is 11.6 Å². The smallest absolute Gasteiger partial charge is 0.119 e. The molecule has 1 aromatic heterocycles. The van der Waals surface area contributed by atoms with Crippen LogP contribution in [-0.4, -0.2) is 29.2 Å². The second-order valence-electron chi connectivity index (χ2n) is 4.59. The van der Waals surface area contributed by atoms with Gasteiger partial charge in [-0.15, -0.1) is 0 Å². The molecule has 4 heteroatoms. The zero-order valence-corrected chi connectivity index (χ0v) is 11.5. The quantitative estimate of drug-likeness (QED) is 0.827. The molecular formula is C15H21N3O. The second-order valence-corrected chi connectivity index (χ2v) is 4.59. The molecule has 1 heterocycles. The van der Waals surface area contributed by atoms with Crippen LogP contribution in [0.15, 0.2) is 42.7 Å². The molecule has 19 heavy (non-hydrogen) atoms. The molecule has 0 amide bonds. The number of nitrogens with one attached hydrogen (secondary N) is 1. The third-order valence-electron chi connectivity index (χ3n) is 3.24. The van der Waals surface area contributed by atoms with E-state index in [9.17, 15) is 0 Å². The Morgan fingerprint density at radius 1 is 1.32 bits per heavy atom. The second kappa shape index (κ2) is 6.95. The van der Waals surface area contributed by atoms with Crippen LogP contribution in [0.1, 0.15) is 12.2 Å². The van der Waals surface area contributed by atoms with E-state index in [4.69, 9.17) is 4.74 Å². The average Bonchev–Trinajstić information content (AvgIpc) is 2.84. The lowest BCUT2D eigenvalue weighted by Gasteiger charge is -2.16. The molecule has 1 atom stereocenters. The number of aromatic nitrogens is 2. The molecule has 0 aliphatic rings. The molecule has 4 nitrogen and oxygen atoms in total. The zero-order valence-electron chi connectivity index (χ0n) is 11.5. The maximum Gasteiger partial charge on any atom is 0.119 e. The normalized spacial score (nSPS) is 12.3. The van der Waals surface area contributed by atoms with E-state index in [2.05, 4.69) is 14.9 Å². The fourth-order valence-electron chi connectivity index (χ4n) is 2.00. The summed E-state index contributed by atoms with van der Waals surface area (Å²) in [6, 6.07) is 10.3. The van der Waals surface area contributed by atoms with E-state index in [1.165, 1.54) is 0 Å².